The Bertz CT molecular complexity index is 382. The molecule has 0 saturated carbocycles. The fourth-order valence-corrected chi connectivity index (χ4v) is 2.70. The van der Waals surface area contributed by atoms with E-state index < -0.39 is 0 Å². The van der Waals surface area contributed by atoms with Crippen molar-refractivity contribution in [1.82, 2.24) is 0 Å². The lowest BCUT2D eigenvalue weighted by atomic mass is 10.1. The summed E-state index contributed by atoms with van der Waals surface area (Å²) in [5.41, 5.74) is 9.12. The molecule has 1 heterocycles. The second kappa shape index (κ2) is 5.63. The molecule has 0 bridgehead atoms. The normalized spacial score (nSPS) is 16.9. The minimum atomic E-state index is 0.698. The summed E-state index contributed by atoms with van der Waals surface area (Å²) in [6.45, 7) is 4.40. The molecule has 1 aromatic carbocycles. The Labute approximate surface area is 109 Å². The number of halogens is 1. The number of anilines is 2. The summed E-state index contributed by atoms with van der Waals surface area (Å²) in [5.74, 6) is 0. The first-order chi connectivity index (χ1) is 8.22. The van der Waals surface area contributed by atoms with Gasteiger partial charge in [0.1, 0.15) is 0 Å². The summed E-state index contributed by atoms with van der Waals surface area (Å²) in [4.78, 5) is 2.44. The highest BCUT2D eigenvalue weighted by Crippen LogP contribution is 2.31. The van der Waals surface area contributed by atoms with Crippen molar-refractivity contribution in [2.24, 2.45) is 0 Å². The van der Waals surface area contributed by atoms with Gasteiger partial charge in [-0.15, -0.1) is 0 Å². The highest BCUT2D eigenvalue weighted by atomic mass is 35.5. The molecule has 0 unspecified atom stereocenters. The fraction of sp³-hybridized carbons (Fsp3) is 0.571. The van der Waals surface area contributed by atoms with Gasteiger partial charge in [0.2, 0.25) is 0 Å². The molecule has 1 aliphatic heterocycles. The average Bonchev–Trinajstić information content (AvgIpc) is 2.61. The number of benzene rings is 1. The molecule has 0 aromatic heterocycles. The van der Waals surface area contributed by atoms with Crippen molar-refractivity contribution in [3.63, 3.8) is 0 Å². The predicted molar refractivity (Wildman–Crippen MR) is 75.9 cm³/mol. The molecule has 2 nitrogen and oxygen atoms in total. The maximum Gasteiger partial charge on any atom is 0.0658 e. The van der Waals surface area contributed by atoms with Crippen molar-refractivity contribution in [2.45, 2.75) is 39.0 Å². The molecule has 0 atom stereocenters. The molecule has 94 valence electrons. The molecular formula is C14H21ClN2. The third kappa shape index (κ3) is 2.86. The third-order valence-electron chi connectivity index (χ3n) is 3.55. The van der Waals surface area contributed by atoms with Crippen LogP contribution in [0.3, 0.4) is 0 Å². The molecule has 1 aromatic rings. The number of nitrogens with zero attached hydrogens (tertiary/aromatic N) is 1. The maximum absolute atomic E-state index is 6.21. The lowest BCUT2D eigenvalue weighted by molar-refractivity contribution is 0.726. The number of aryl methyl sites for hydroxylation is 1. The monoisotopic (exact) mass is 252 g/mol. The second-order valence-corrected chi connectivity index (χ2v) is 5.16. The van der Waals surface area contributed by atoms with Gasteiger partial charge in [-0.3, -0.25) is 0 Å². The lowest BCUT2D eigenvalue weighted by Crippen LogP contribution is -2.24. The van der Waals surface area contributed by atoms with E-state index in [1.165, 1.54) is 31.4 Å². The predicted octanol–water partition coefficient (Wildman–Crippen LogP) is 3.87. The zero-order chi connectivity index (χ0) is 12.3. The van der Waals surface area contributed by atoms with Crippen LogP contribution in [0.15, 0.2) is 12.1 Å². The standard InChI is InChI=1S/C14H21ClN2/c1-2-11-9-12(10-13(15)14(11)16)17-7-5-3-4-6-8-17/h9-10H,2-8,16H2,1H3. The molecule has 0 radical (unpaired) electrons. The number of hydrogen-bond donors (Lipinski definition) is 1. The van der Waals surface area contributed by atoms with Gasteiger partial charge in [-0.2, -0.15) is 0 Å². The molecular weight excluding hydrogens is 232 g/mol. The molecule has 3 heteroatoms. The van der Waals surface area contributed by atoms with Gasteiger partial charge in [-0.25, -0.2) is 0 Å². The van der Waals surface area contributed by atoms with Crippen molar-refractivity contribution >= 4 is 23.0 Å². The molecule has 2 N–H and O–H groups in total. The van der Waals surface area contributed by atoms with Crippen LogP contribution in [0.4, 0.5) is 11.4 Å². The Balaban J connectivity index is 2.27. The Morgan fingerprint density at radius 3 is 2.41 bits per heavy atom. The quantitative estimate of drug-likeness (QED) is 0.810. The molecule has 0 amide bonds. The first kappa shape index (κ1) is 12.6. The summed E-state index contributed by atoms with van der Waals surface area (Å²) in [5, 5.41) is 0.698. The number of hydrogen-bond acceptors (Lipinski definition) is 2. The van der Waals surface area contributed by atoms with Crippen molar-refractivity contribution in [2.75, 3.05) is 23.7 Å². The Kier molecular flexibility index (Phi) is 4.16. The summed E-state index contributed by atoms with van der Waals surface area (Å²) in [6.07, 6.45) is 6.19. The average molecular weight is 253 g/mol. The highest BCUT2D eigenvalue weighted by Gasteiger charge is 2.13. The van der Waals surface area contributed by atoms with Gasteiger partial charge in [0.15, 0.2) is 0 Å². The van der Waals surface area contributed by atoms with Gasteiger partial charge < -0.3 is 10.6 Å². The van der Waals surface area contributed by atoms with E-state index in [9.17, 15) is 0 Å². The van der Waals surface area contributed by atoms with Crippen LogP contribution in [-0.4, -0.2) is 13.1 Å². The Morgan fingerprint density at radius 1 is 1.18 bits per heavy atom. The maximum atomic E-state index is 6.21. The van der Waals surface area contributed by atoms with Gasteiger partial charge >= 0.3 is 0 Å². The van der Waals surface area contributed by atoms with E-state index in [0.717, 1.165) is 30.8 Å². The van der Waals surface area contributed by atoms with Crippen molar-refractivity contribution in [1.29, 1.82) is 0 Å². The zero-order valence-corrected chi connectivity index (χ0v) is 11.3. The van der Waals surface area contributed by atoms with E-state index in [2.05, 4.69) is 17.9 Å². The van der Waals surface area contributed by atoms with Gasteiger partial charge in [-0.1, -0.05) is 31.4 Å². The second-order valence-electron chi connectivity index (χ2n) is 4.76. The summed E-state index contributed by atoms with van der Waals surface area (Å²) >= 11 is 6.21. The van der Waals surface area contributed by atoms with Crippen LogP contribution < -0.4 is 10.6 Å². The zero-order valence-electron chi connectivity index (χ0n) is 10.5. The Morgan fingerprint density at radius 2 is 1.82 bits per heavy atom. The highest BCUT2D eigenvalue weighted by molar-refractivity contribution is 6.33. The first-order valence-corrected chi connectivity index (χ1v) is 6.93. The van der Waals surface area contributed by atoms with Crippen LogP contribution >= 0.6 is 11.6 Å². The summed E-state index contributed by atoms with van der Waals surface area (Å²) in [7, 11) is 0. The SMILES string of the molecule is CCc1cc(N2CCCCCC2)cc(Cl)c1N. The third-order valence-corrected chi connectivity index (χ3v) is 3.86. The van der Waals surface area contributed by atoms with Crippen LogP contribution in [0.5, 0.6) is 0 Å². The molecule has 1 fully saturated rings. The molecule has 0 spiro atoms. The van der Waals surface area contributed by atoms with Crippen LogP contribution in [-0.2, 0) is 6.42 Å². The van der Waals surface area contributed by atoms with Gasteiger partial charge in [-0.05, 0) is 37.0 Å². The molecule has 1 aliphatic rings. The van der Waals surface area contributed by atoms with Crippen LogP contribution in [0.1, 0.15) is 38.2 Å². The molecule has 17 heavy (non-hydrogen) atoms. The van der Waals surface area contributed by atoms with E-state index >= 15 is 0 Å². The van der Waals surface area contributed by atoms with E-state index in [-0.39, 0.29) is 0 Å². The van der Waals surface area contributed by atoms with Crippen LogP contribution in [0.2, 0.25) is 5.02 Å². The number of rotatable bonds is 2. The van der Waals surface area contributed by atoms with E-state index in [1.54, 1.807) is 0 Å². The van der Waals surface area contributed by atoms with E-state index in [1.807, 2.05) is 6.07 Å². The van der Waals surface area contributed by atoms with Gasteiger partial charge in [0, 0.05) is 18.8 Å². The number of nitrogen functional groups attached to an aromatic ring is 1. The first-order valence-electron chi connectivity index (χ1n) is 6.55. The largest absolute Gasteiger partial charge is 0.397 e. The Hall–Kier alpha value is -0.890. The van der Waals surface area contributed by atoms with Crippen molar-refractivity contribution in [3.8, 4) is 0 Å². The smallest absolute Gasteiger partial charge is 0.0658 e. The summed E-state index contributed by atoms with van der Waals surface area (Å²) < 4.78 is 0. The van der Waals surface area contributed by atoms with Crippen molar-refractivity contribution < 1.29 is 0 Å². The topological polar surface area (TPSA) is 29.3 Å². The lowest BCUT2D eigenvalue weighted by Gasteiger charge is -2.24. The minimum absolute atomic E-state index is 0.698. The van der Waals surface area contributed by atoms with Crippen LogP contribution in [0.25, 0.3) is 0 Å². The summed E-state index contributed by atoms with van der Waals surface area (Å²) in [6, 6.07) is 4.22. The molecule has 1 saturated heterocycles. The van der Waals surface area contributed by atoms with Crippen molar-refractivity contribution in [3.05, 3.63) is 22.7 Å². The number of nitrogens with two attached hydrogens (primary N) is 1. The fourth-order valence-electron chi connectivity index (χ4n) is 2.46. The van der Waals surface area contributed by atoms with Crippen LogP contribution in [0, 0.1) is 0 Å². The van der Waals surface area contributed by atoms with E-state index in [0.29, 0.717) is 5.02 Å². The molecule has 0 aliphatic carbocycles. The van der Waals surface area contributed by atoms with E-state index in [4.69, 9.17) is 17.3 Å². The molecule has 2 rings (SSSR count). The minimum Gasteiger partial charge on any atom is -0.397 e. The van der Waals surface area contributed by atoms with Gasteiger partial charge in [0.05, 0.1) is 10.7 Å². The van der Waals surface area contributed by atoms with Gasteiger partial charge in [0.25, 0.3) is 0 Å².